The molecule has 28 heavy (non-hydrogen) atoms. The largest absolute Gasteiger partial charge is 0.385 e. The number of methoxy groups -OCH3 is 1. The van der Waals surface area contributed by atoms with Gasteiger partial charge in [0.2, 0.25) is 0 Å². The lowest BCUT2D eigenvalue weighted by Crippen LogP contribution is -2.42. The summed E-state index contributed by atoms with van der Waals surface area (Å²) in [5, 5.41) is 15.2. The molecule has 1 aromatic heterocycles. The zero-order chi connectivity index (χ0) is 19.1. The second-order valence-corrected chi connectivity index (χ2v) is 7.16. The second kappa shape index (κ2) is 10.8. The smallest absolute Gasteiger partial charge is 0.191 e. The van der Waals surface area contributed by atoms with Crippen molar-refractivity contribution in [3.63, 3.8) is 0 Å². The van der Waals surface area contributed by atoms with Gasteiger partial charge in [-0.05, 0) is 31.7 Å². The predicted molar refractivity (Wildman–Crippen MR) is 122 cm³/mol. The number of ether oxygens (including phenoxy) is 1. The molecule has 0 spiro atoms. The molecule has 0 aliphatic heterocycles. The van der Waals surface area contributed by atoms with Gasteiger partial charge in [-0.25, -0.2) is 4.99 Å². The number of hydrogen-bond donors (Lipinski definition) is 2. The highest BCUT2D eigenvalue weighted by atomic mass is 127. The summed E-state index contributed by atoms with van der Waals surface area (Å²) in [6.07, 6.45) is 3.36. The van der Waals surface area contributed by atoms with Crippen LogP contribution in [-0.2, 0) is 23.7 Å². The number of aliphatic imine (C=N–C) groups is 1. The maximum absolute atomic E-state index is 5.13. The van der Waals surface area contributed by atoms with Crippen LogP contribution in [0.15, 0.2) is 35.3 Å². The van der Waals surface area contributed by atoms with Crippen LogP contribution in [0.4, 0.5) is 0 Å². The SMILES string of the molecule is COCCCNC(=NCc1nnc(C)n1C)NCC1(c2ccccc2)CC1.I. The molecule has 1 aliphatic rings. The summed E-state index contributed by atoms with van der Waals surface area (Å²) in [6.45, 7) is 4.87. The fourth-order valence-corrected chi connectivity index (χ4v) is 3.10. The summed E-state index contributed by atoms with van der Waals surface area (Å²) in [7, 11) is 3.69. The summed E-state index contributed by atoms with van der Waals surface area (Å²) in [5.41, 5.74) is 1.64. The number of nitrogens with zero attached hydrogens (tertiary/aromatic N) is 4. The molecule has 0 bridgehead atoms. The molecule has 1 fully saturated rings. The van der Waals surface area contributed by atoms with E-state index < -0.39 is 0 Å². The van der Waals surface area contributed by atoms with Crippen LogP contribution in [0.5, 0.6) is 0 Å². The van der Waals surface area contributed by atoms with Gasteiger partial charge in [-0.15, -0.1) is 34.2 Å². The molecule has 8 heteroatoms. The molecule has 3 rings (SSSR count). The van der Waals surface area contributed by atoms with Gasteiger partial charge in [0, 0.05) is 39.3 Å². The maximum atomic E-state index is 5.13. The molecule has 2 N–H and O–H groups in total. The van der Waals surface area contributed by atoms with Gasteiger partial charge in [0.1, 0.15) is 12.4 Å². The van der Waals surface area contributed by atoms with E-state index >= 15 is 0 Å². The van der Waals surface area contributed by atoms with E-state index in [2.05, 4.69) is 51.2 Å². The van der Waals surface area contributed by atoms with Gasteiger partial charge in [0.25, 0.3) is 0 Å². The van der Waals surface area contributed by atoms with Crippen molar-refractivity contribution >= 4 is 29.9 Å². The van der Waals surface area contributed by atoms with E-state index in [1.165, 1.54) is 18.4 Å². The lowest BCUT2D eigenvalue weighted by atomic mass is 9.96. The number of guanidine groups is 1. The number of aromatic nitrogens is 3. The lowest BCUT2D eigenvalue weighted by Gasteiger charge is -2.19. The van der Waals surface area contributed by atoms with E-state index in [9.17, 15) is 0 Å². The Morgan fingerprint density at radius 1 is 1.21 bits per heavy atom. The normalized spacial score (nSPS) is 15.0. The summed E-state index contributed by atoms with van der Waals surface area (Å²) in [6, 6.07) is 10.7. The van der Waals surface area contributed by atoms with E-state index in [0.29, 0.717) is 6.54 Å². The van der Waals surface area contributed by atoms with Crippen LogP contribution in [0, 0.1) is 6.92 Å². The van der Waals surface area contributed by atoms with E-state index in [0.717, 1.165) is 43.7 Å². The van der Waals surface area contributed by atoms with Crippen LogP contribution in [0.25, 0.3) is 0 Å². The van der Waals surface area contributed by atoms with E-state index in [1.807, 2.05) is 18.5 Å². The first-order valence-corrected chi connectivity index (χ1v) is 9.56. The number of hydrogen-bond acceptors (Lipinski definition) is 4. The highest BCUT2D eigenvalue weighted by Gasteiger charge is 2.44. The Labute approximate surface area is 184 Å². The molecule has 0 unspecified atom stereocenters. The first-order valence-electron chi connectivity index (χ1n) is 9.56. The van der Waals surface area contributed by atoms with E-state index in [-0.39, 0.29) is 29.4 Å². The Balaban J connectivity index is 0.00000280. The first-order chi connectivity index (χ1) is 13.1. The highest BCUT2D eigenvalue weighted by Crippen LogP contribution is 2.47. The van der Waals surface area contributed by atoms with Crippen LogP contribution in [-0.4, -0.2) is 47.5 Å². The van der Waals surface area contributed by atoms with Gasteiger partial charge in [0.05, 0.1) is 0 Å². The third kappa shape index (κ3) is 5.91. The van der Waals surface area contributed by atoms with Crippen molar-refractivity contribution in [2.45, 2.75) is 38.1 Å². The average molecular weight is 498 g/mol. The molecule has 7 nitrogen and oxygen atoms in total. The molecule has 0 radical (unpaired) electrons. The molecule has 0 saturated heterocycles. The molecular formula is C20H31IN6O. The van der Waals surface area contributed by atoms with Crippen molar-refractivity contribution in [2.75, 3.05) is 26.8 Å². The van der Waals surface area contributed by atoms with Gasteiger partial charge in [-0.2, -0.15) is 0 Å². The topological polar surface area (TPSA) is 76.4 Å². The number of rotatable bonds is 9. The molecule has 2 aromatic rings. The van der Waals surface area contributed by atoms with Crippen LogP contribution in [0.1, 0.15) is 36.5 Å². The van der Waals surface area contributed by atoms with Crippen LogP contribution >= 0.6 is 24.0 Å². The molecule has 0 atom stereocenters. The highest BCUT2D eigenvalue weighted by molar-refractivity contribution is 14.0. The molecule has 1 aliphatic carbocycles. The Hall–Kier alpha value is -1.68. The molecule has 1 aromatic carbocycles. The second-order valence-electron chi connectivity index (χ2n) is 7.16. The van der Waals surface area contributed by atoms with Gasteiger partial charge < -0.3 is 19.9 Å². The minimum atomic E-state index is 0. The fourth-order valence-electron chi connectivity index (χ4n) is 3.10. The van der Waals surface area contributed by atoms with E-state index in [1.54, 1.807) is 7.11 Å². The summed E-state index contributed by atoms with van der Waals surface area (Å²) < 4.78 is 7.10. The van der Waals surface area contributed by atoms with Crippen LogP contribution in [0.3, 0.4) is 0 Å². The fraction of sp³-hybridized carbons (Fsp3) is 0.550. The third-order valence-electron chi connectivity index (χ3n) is 5.21. The third-order valence-corrected chi connectivity index (χ3v) is 5.21. The monoisotopic (exact) mass is 498 g/mol. The summed E-state index contributed by atoms with van der Waals surface area (Å²) >= 11 is 0. The maximum Gasteiger partial charge on any atom is 0.191 e. The van der Waals surface area contributed by atoms with Crippen molar-refractivity contribution in [1.29, 1.82) is 0 Å². The molecule has 1 heterocycles. The molecular weight excluding hydrogens is 467 g/mol. The Bertz CT molecular complexity index is 757. The van der Waals surface area contributed by atoms with Gasteiger partial charge in [-0.3, -0.25) is 0 Å². The van der Waals surface area contributed by atoms with Crippen LogP contribution in [0.2, 0.25) is 0 Å². The standard InChI is InChI=1S/C20H30N6O.HI/c1-16-24-25-18(26(16)2)14-22-19(21-12-7-13-27-3)23-15-20(10-11-20)17-8-5-4-6-9-17;/h4-6,8-9H,7,10-15H2,1-3H3,(H2,21,22,23);1H. The minimum absolute atomic E-state index is 0. The van der Waals surface area contributed by atoms with Crippen molar-refractivity contribution in [3.8, 4) is 0 Å². The summed E-state index contributed by atoms with van der Waals surface area (Å²) in [4.78, 5) is 4.72. The zero-order valence-corrected chi connectivity index (χ0v) is 19.3. The molecule has 0 amide bonds. The average Bonchev–Trinajstić information content (AvgIpc) is 3.43. The minimum Gasteiger partial charge on any atom is -0.385 e. The number of halogens is 1. The lowest BCUT2D eigenvalue weighted by molar-refractivity contribution is 0.195. The quantitative estimate of drug-likeness (QED) is 0.241. The molecule has 154 valence electrons. The van der Waals surface area contributed by atoms with Gasteiger partial charge >= 0.3 is 0 Å². The predicted octanol–water partition coefficient (Wildman–Crippen LogP) is 2.55. The number of aryl methyl sites for hydroxylation is 1. The Morgan fingerprint density at radius 2 is 1.96 bits per heavy atom. The summed E-state index contributed by atoms with van der Waals surface area (Å²) in [5.74, 6) is 2.56. The molecule has 1 saturated carbocycles. The number of benzene rings is 1. The first kappa shape index (κ1) is 22.6. The number of nitrogens with one attached hydrogen (secondary N) is 2. The Morgan fingerprint density at radius 3 is 2.57 bits per heavy atom. The van der Waals surface area contributed by atoms with Crippen LogP contribution < -0.4 is 10.6 Å². The van der Waals surface area contributed by atoms with Crippen molar-refractivity contribution in [2.24, 2.45) is 12.0 Å². The van der Waals surface area contributed by atoms with Crippen molar-refractivity contribution in [1.82, 2.24) is 25.4 Å². The van der Waals surface area contributed by atoms with E-state index in [4.69, 9.17) is 9.73 Å². The van der Waals surface area contributed by atoms with Gasteiger partial charge in [0.15, 0.2) is 11.8 Å². The van der Waals surface area contributed by atoms with Crippen molar-refractivity contribution < 1.29 is 4.74 Å². The Kier molecular flexibility index (Phi) is 8.68. The van der Waals surface area contributed by atoms with Crippen molar-refractivity contribution in [3.05, 3.63) is 47.5 Å². The zero-order valence-electron chi connectivity index (χ0n) is 16.9. The van der Waals surface area contributed by atoms with Gasteiger partial charge in [-0.1, -0.05) is 30.3 Å².